The second-order valence-electron chi connectivity index (χ2n) is 5.94. The molecule has 0 amide bonds. The molecule has 0 bridgehead atoms. The molecule has 4 heteroatoms. The minimum Gasteiger partial charge on any atom is -0.383 e. The molecule has 1 aliphatic rings. The second kappa shape index (κ2) is 7.78. The van der Waals surface area contributed by atoms with Crippen molar-refractivity contribution >= 4 is 5.69 Å². The van der Waals surface area contributed by atoms with Crippen LogP contribution in [-0.2, 0) is 16.0 Å². The molecule has 0 spiro atoms. The Morgan fingerprint density at radius 2 is 2.00 bits per heavy atom. The number of benzene rings is 1. The molecular formula is C17H28N2O2. The van der Waals surface area contributed by atoms with E-state index in [1.54, 1.807) is 7.11 Å². The first-order valence-electron chi connectivity index (χ1n) is 7.79. The van der Waals surface area contributed by atoms with E-state index in [4.69, 9.17) is 9.47 Å². The van der Waals surface area contributed by atoms with Gasteiger partial charge < -0.3 is 19.7 Å². The van der Waals surface area contributed by atoms with Gasteiger partial charge in [0, 0.05) is 39.0 Å². The molecule has 0 aromatic heterocycles. The van der Waals surface area contributed by atoms with Gasteiger partial charge in [0.15, 0.2) is 0 Å². The van der Waals surface area contributed by atoms with Gasteiger partial charge in [-0.05, 0) is 44.0 Å². The Morgan fingerprint density at radius 3 is 2.62 bits per heavy atom. The van der Waals surface area contributed by atoms with Crippen molar-refractivity contribution in [1.29, 1.82) is 0 Å². The average molecular weight is 292 g/mol. The lowest BCUT2D eigenvalue weighted by Crippen LogP contribution is -2.45. The van der Waals surface area contributed by atoms with Crippen molar-refractivity contribution in [3.63, 3.8) is 0 Å². The number of anilines is 1. The van der Waals surface area contributed by atoms with Crippen LogP contribution in [0.5, 0.6) is 0 Å². The van der Waals surface area contributed by atoms with E-state index in [2.05, 4.69) is 49.2 Å². The largest absolute Gasteiger partial charge is 0.383 e. The summed E-state index contributed by atoms with van der Waals surface area (Å²) in [6.07, 6.45) is 0.592. The van der Waals surface area contributed by atoms with Gasteiger partial charge in [-0.2, -0.15) is 0 Å². The van der Waals surface area contributed by atoms with Crippen LogP contribution in [0.15, 0.2) is 18.2 Å². The number of aryl methyl sites for hydroxylation is 1. The molecule has 2 rings (SSSR count). The highest BCUT2D eigenvalue weighted by molar-refractivity contribution is 5.51. The predicted octanol–water partition coefficient (Wildman–Crippen LogP) is 2.34. The van der Waals surface area contributed by atoms with Gasteiger partial charge in [-0.1, -0.05) is 6.07 Å². The van der Waals surface area contributed by atoms with Crippen molar-refractivity contribution in [2.24, 2.45) is 0 Å². The van der Waals surface area contributed by atoms with Crippen molar-refractivity contribution < 1.29 is 9.47 Å². The molecule has 1 heterocycles. The Bertz CT molecular complexity index is 440. The Kier molecular flexibility index (Phi) is 6.03. The Morgan fingerprint density at radius 1 is 1.29 bits per heavy atom. The molecule has 4 nitrogen and oxygen atoms in total. The van der Waals surface area contributed by atoms with Gasteiger partial charge in [-0.25, -0.2) is 0 Å². The van der Waals surface area contributed by atoms with E-state index in [0.29, 0.717) is 12.2 Å². The molecule has 0 aliphatic carbocycles. The Hall–Kier alpha value is -1.10. The van der Waals surface area contributed by atoms with Crippen LogP contribution in [0.2, 0.25) is 0 Å². The smallest absolute Gasteiger partial charge is 0.0726 e. The van der Waals surface area contributed by atoms with Crippen molar-refractivity contribution in [2.45, 2.75) is 39.5 Å². The summed E-state index contributed by atoms with van der Waals surface area (Å²) in [6.45, 7) is 10.9. The standard InChI is InChI=1S/C17H28N2O2/c1-13-9-17(19-11-14(2)21-15(3)12-19)6-5-16(13)10-18-7-8-20-4/h5-6,9,14-15,18H,7-8,10-12H2,1-4H3. The summed E-state index contributed by atoms with van der Waals surface area (Å²) in [5, 5.41) is 3.40. The lowest BCUT2D eigenvalue weighted by molar-refractivity contribution is -0.00522. The quantitative estimate of drug-likeness (QED) is 0.816. The summed E-state index contributed by atoms with van der Waals surface area (Å²) in [5.41, 5.74) is 3.99. The molecule has 118 valence electrons. The molecule has 1 fully saturated rings. The lowest BCUT2D eigenvalue weighted by atomic mass is 10.1. The fourth-order valence-corrected chi connectivity index (χ4v) is 2.86. The highest BCUT2D eigenvalue weighted by Gasteiger charge is 2.22. The summed E-state index contributed by atoms with van der Waals surface area (Å²) in [6, 6.07) is 6.75. The Balaban J connectivity index is 1.98. The fraction of sp³-hybridized carbons (Fsp3) is 0.647. The third-order valence-corrected chi connectivity index (χ3v) is 3.91. The van der Waals surface area contributed by atoms with Crippen LogP contribution in [0.25, 0.3) is 0 Å². The molecule has 0 radical (unpaired) electrons. The summed E-state index contributed by atoms with van der Waals surface area (Å²) < 4.78 is 10.9. The van der Waals surface area contributed by atoms with Gasteiger partial charge >= 0.3 is 0 Å². The van der Waals surface area contributed by atoms with Crippen molar-refractivity contribution in [3.05, 3.63) is 29.3 Å². The highest BCUT2D eigenvalue weighted by atomic mass is 16.5. The van der Waals surface area contributed by atoms with E-state index in [1.807, 2.05) is 0 Å². The first kappa shape index (κ1) is 16.3. The van der Waals surface area contributed by atoms with E-state index in [0.717, 1.165) is 32.8 Å². The van der Waals surface area contributed by atoms with Crippen molar-refractivity contribution in [2.75, 3.05) is 38.3 Å². The summed E-state index contributed by atoms with van der Waals surface area (Å²) in [4.78, 5) is 2.42. The minimum atomic E-state index is 0.296. The first-order chi connectivity index (χ1) is 10.1. The van der Waals surface area contributed by atoms with Gasteiger partial charge in [-0.3, -0.25) is 0 Å². The number of rotatable bonds is 6. The van der Waals surface area contributed by atoms with Crippen LogP contribution in [0.1, 0.15) is 25.0 Å². The molecule has 1 saturated heterocycles. The van der Waals surface area contributed by atoms with Crippen LogP contribution < -0.4 is 10.2 Å². The molecule has 0 saturated carbocycles. The van der Waals surface area contributed by atoms with Gasteiger partial charge in [0.1, 0.15) is 0 Å². The minimum absolute atomic E-state index is 0.296. The van der Waals surface area contributed by atoms with E-state index in [1.165, 1.54) is 16.8 Å². The third kappa shape index (κ3) is 4.70. The van der Waals surface area contributed by atoms with Crippen LogP contribution in [0.4, 0.5) is 5.69 Å². The number of nitrogens with one attached hydrogen (secondary N) is 1. The second-order valence-corrected chi connectivity index (χ2v) is 5.94. The fourth-order valence-electron chi connectivity index (χ4n) is 2.86. The summed E-state index contributed by atoms with van der Waals surface area (Å²) in [5.74, 6) is 0. The number of morpholine rings is 1. The molecule has 1 N–H and O–H groups in total. The number of nitrogens with zero attached hydrogens (tertiary/aromatic N) is 1. The topological polar surface area (TPSA) is 33.7 Å². The monoisotopic (exact) mass is 292 g/mol. The Labute approximate surface area is 128 Å². The predicted molar refractivity (Wildman–Crippen MR) is 87.0 cm³/mol. The van der Waals surface area contributed by atoms with E-state index < -0.39 is 0 Å². The van der Waals surface area contributed by atoms with Gasteiger partial charge in [-0.15, -0.1) is 0 Å². The molecule has 1 aliphatic heterocycles. The summed E-state index contributed by atoms with van der Waals surface area (Å²) in [7, 11) is 1.73. The molecule has 2 unspecified atom stereocenters. The maximum atomic E-state index is 5.80. The zero-order valence-corrected chi connectivity index (χ0v) is 13.7. The van der Waals surface area contributed by atoms with Crippen LogP contribution >= 0.6 is 0 Å². The molecule has 1 aromatic carbocycles. The number of methoxy groups -OCH3 is 1. The number of hydrogen-bond acceptors (Lipinski definition) is 4. The molecular weight excluding hydrogens is 264 g/mol. The first-order valence-corrected chi connectivity index (χ1v) is 7.79. The van der Waals surface area contributed by atoms with E-state index in [9.17, 15) is 0 Å². The lowest BCUT2D eigenvalue weighted by Gasteiger charge is -2.37. The summed E-state index contributed by atoms with van der Waals surface area (Å²) >= 11 is 0. The van der Waals surface area contributed by atoms with Gasteiger partial charge in [0.2, 0.25) is 0 Å². The van der Waals surface area contributed by atoms with E-state index >= 15 is 0 Å². The number of ether oxygens (including phenoxy) is 2. The van der Waals surface area contributed by atoms with Crippen molar-refractivity contribution in [3.8, 4) is 0 Å². The average Bonchev–Trinajstić information content (AvgIpc) is 2.44. The van der Waals surface area contributed by atoms with Gasteiger partial charge in [0.25, 0.3) is 0 Å². The molecule has 1 aromatic rings. The maximum Gasteiger partial charge on any atom is 0.0726 e. The number of hydrogen-bond donors (Lipinski definition) is 1. The van der Waals surface area contributed by atoms with Crippen LogP contribution in [0, 0.1) is 6.92 Å². The van der Waals surface area contributed by atoms with Crippen LogP contribution in [-0.4, -0.2) is 45.6 Å². The normalized spacial score (nSPS) is 22.6. The molecule has 2 atom stereocenters. The van der Waals surface area contributed by atoms with Crippen molar-refractivity contribution in [1.82, 2.24) is 5.32 Å². The maximum absolute atomic E-state index is 5.80. The zero-order valence-electron chi connectivity index (χ0n) is 13.7. The highest BCUT2D eigenvalue weighted by Crippen LogP contribution is 2.23. The van der Waals surface area contributed by atoms with Gasteiger partial charge in [0.05, 0.1) is 18.8 Å². The van der Waals surface area contributed by atoms with E-state index in [-0.39, 0.29) is 0 Å². The SMILES string of the molecule is COCCNCc1ccc(N2CC(C)OC(C)C2)cc1C. The zero-order chi connectivity index (χ0) is 15.2. The molecule has 21 heavy (non-hydrogen) atoms. The third-order valence-electron chi connectivity index (χ3n) is 3.91. The van der Waals surface area contributed by atoms with Crippen LogP contribution in [0.3, 0.4) is 0 Å².